The summed E-state index contributed by atoms with van der Waals surface area (Å²) in [4.78, 5) is 12.3. The Morgan fingerprint density at radius 3 is 2.41 bits per heavy atom. The molecule has 2 aromatic rings. The zero-order valence-corrected chi connectivity index (χ0v) is 16.9. The second-order valence-electron chi connectivity index (χ2n) is 6.44. The smallest absolute Gasteiger partial charge is 0.387 e. The number of hydrogen-bond donors (Lipinski definition) is 1. The molecule has 0 aliphatic rings. The number of alkyl halides is 2. The number of nitrogens with one attached hydrogen (secondary N) is 1. The van der Waals surface area contributed by atoms with Gasteiger partial charge < -0.3 is 14.8 Å². The molecule has 2 rings (SSSR count). The molecule has 0 radical (unpaired) electrons. The molecule has 9 heteroatoms. The summed E-state index contributed by atoms with van der Waals surface area (Å²) < 4.78 is 57.3. The van der Waals surface area contributed by atoms with Crippen LogP contribution in [-0.2, 0) is 14.6 Å². The lowest BCUT2D eigenvalue weighted by molar-refractivity contribution is -0.122. The Bertz CT molecular complexity index is 917. The highest BCUT2D eigenvalue weighted by molar-refractivity contribution is 7.90. The topological polar surface area (TPSA) is 81.7 Å². The van der Waals surface area contributed by atoms with E-state index in [0.29, 0.717) is 17.7 Å². The van der Waals surface area contributed by atoms with Crippen molar-refractivity contribution in [2.75, 3.05) is 12.9 Å². The predicted molar refractivity (Wildman–Crippen MR) is 104 cm³/mol. The maximum Gasteiger partial charge on any atom is 0.387 e. The van der Waals surface area contributed by atoms with E-state index in [-0.39, 0.29) is 35.6 Å². The average Bonchev–Trinajstić information content (AvgIpc) is 2.64. The lowest BCUT2D eigenvalue weighted by atomic mass is 10.1. The summed E-state index contributed by atoms with van der Waals surface area (Å²) >= 11 is 0. The zero-order valence-electron chi connectivity index (χ0n) is 16.1. The second kappa shape index (κ2) is 10.2. The summed E-state index contributed by atoms with van der Waals surface area (Å²) in [6.07, 6.45) is 1.81. The van der Waals surface area contributed by atoms with Gasteiger partial charge in [0.25, 0.3) is 0 Å². The van der Waals surface area contributed by atoms with Gasteiger partial charge in [0.15, 0.2) is 9.84 Å². The van der Waals surface area contributed by atoms with E-state index < -0.39 is 16.4 Å². The average molecular weight is 427 g/mol. The fraction of sp³-hybridized carbons (Fsp3) is 0.350. The van der Waals surface area contributed by atoms with Crippen molar-refractivity contribution in [3.63, 3.8) is 0 Å². The van der Waals surface area contributed by atoms with Crippen LogP contribution in [0.4, 0.5) is 8.78 Å². The number of carbonyl (C=O) groups is 1. The lowest BCUT2D eigenvalue weighted by Gasteiger charge is -2.15. The third-order valence-electron chi connectivity index (χ3n) is 4.03. The third kappa shape index (κ3) is 7.69. The SMILES string of the molecule is CC(NC(=O)CCCOc1ccc(S(C)(=O)=O)cc1)c1cccc(OC(F)F)c1. The van der Waals surface area contributed by atoms with E-state index in [1.54, 1.807) is 31.2 Å². The summed E-state index contributed by atoms with van der Waals surface area (Å²) in [5, 5.41) is 2.80. The van der Waals surface area contributed by atoms with Crippen LogP contribution in [0.25, 0.3) is 0 Å². The Kier molecular flexibility index (Phi) is 7.95. The number of halogens is 2. The Labute approximate surface area is 168 Å². The van der Waals surface area contributed by atoms with Gasteiger partial charge in [-0.05, 0) is 55.3 Å². The molecule has 158 valence electrons. The molecule has 0 aromatic heterocycles. The van der Waals surface area contributed by atoms with Crippen molar-refractivity contribution in [3.05, 3.63) is 54.1 Å². The Morgan fingerprint density at radius 2 is 1.79 bits per heavy atom. The Hall–Kier alpha value is -2.68. The van der Waals surface area contributed by atoms with Crippen molar-refractivity contribution in [1.82, 2.24) is 5.32 Å². The van der Waals surface area contributed by atoms with Gasteiger partial charge in [0.2, 0.25) is 5.91 Å². The fourth-order valence-corrected chi connectivity index (χ4v) is 3.19. The Balaban J connectivity index is 1.75. The minimum atomic E-state index is -3.25. The molecule has 29 heavy (non-hydrogen) atoms. The quantitative estimate of drug-likeness (QED) is 0.585. The van der Waals surface area contributed by atoms with Crippen molar-refractivity contribution in [2.45, 2.75) is 37.3 Å². The number of benzene rings is 2. The molecule has 0 spiro atoms. The first-order valence-corrected chi connectivity index (χ1v) is 10.8. The standard InChI is InChI=1S/C20H23F2NO5S/c1-14(15-5-3-6-17(13-15)28-20(21)22)23-19(24)7-4-12-27-16-8-10-18(11-9-16)29(2,25)26/h3,5-6,8-11,13-14,20H,4,7,12H2,1-2H3,(H,23,24). The van der Waals surface area contributed by atoms with Crippen LogP contribution in [0.5, 0.6) is 11.5 Å². The molecule has 1 N–H and O–H groups in total. The highest BCUT2D eigenvalue weighted by Crippen LogP contribution is 2.21. The molecule has 1 atom stereocenters. The van der Waals surface area contributed by atoms with Gasteiger partial charge in [-0.1, -0.05) is 12.1 Å². The van der Waals surface area contributed by atoms with E-state index in [2.05, 4.69) is 10.1 Å². The molecule has 0 fully saturated rings. The van der Waals surface area contributed by atoms with E-state index in [1.807, 2.05) is 0 Å². The second-order valence-corrected chi connectivity index (χ2v) is 8.45. The van der Waals surface area contributed by atoms with E-state index in [4.69, 9.17) is 4.74 Å². The van der Waals surface area contributed by atoms with Gasteiger partial charge in [0.05, 0.1) is 17.5 Å². The first-order chi connectivity index (χ1) is 13.6. The van der Waals surface area contributed by atoms with E-state index in [9.17, 15) is 22.0 Å². The summed E-state index contributed by atoms with van der Waals surface area (Å²) in [7, 11) is -3.25. The maximum absolute atomic E-state index is 12.3. The minimum absolute atomic E-state index is 0.0360. The lowest BCUT2D eigenvalue weighted by Crippen LogP contribution is -2.26. The van der Waals surface area contributed by atoms with Gasteiger partial charge in [-0.2, -0.15) is 8.78 Å². The van der Waals surface area contributed by atoms with Gasteiger partial charge in [-0.3, -0.25) is 4.79 Å². The van der Waals surface area contributed by atoms with Crippen LogP contribution < -0.4 is 14.8 Å². The maximum atomic E-state index is 12.3. The van der Waals surface area contributed by atoms with Gasteiger partial charge in [0.1, 0.15) is 11.5 Å². The van der Waals surface area contributed by atoms with Crippen LogP contribution >= 0.6 is 0 Å². The molecule has 0 bridgehead atoms. The van der Waals surface area contributed by atoms with Gasteiger partial charge in [0, 0.05) is 12.7 Å². The highest BCUT2D eigenvalue weighted by Gasteiger charge is 2.12. The van der Waals surface area contributed by atoms with Crippen molar-refractivity contribution >= 4 is 15.7 Å². The number of hydrogen-bond acceptors (Lipinski definition) is 5. The van der Waals surface area contributed by atoms with Crippen molar-refractivity contribution in [2.24, 2.45) is 0 Å². The summed E-state index contributed by atoms with van der Waals surface area (Å²) in [6.45, 7) is -0.866. The highest BCUT2D eigenvalue weighted by atomic mass is 32.2. The third-order valence-corrected chi connectivity index (χ3v) is 5.16. The fourth-order valence-electron chi connectivity index (χ4n) is 2.56. The molecule has 0 aliphatic heterocycles. The first-order valence-electron chi connectivity index (χ1n) is 8.92. The van der Waals surface area contributed by atoms with E-state index >= 15 is 0 Å². The van der Waals surface area contributed by atoms with Crippen LogP contribution in [0, 0.1) is 0 Å². The minimum Gasteiger partial charge on any atom is -0.494 e. The molecule has 0 aliphatic carbocycles. The van der Waals surface area contributed by atoms with Crippen molar-refractivity contribution in [1.29, 1.82) is 0 Å². The van der Waals surface area contributed by atoms with Crippen molar-refractivity contribution < 1.29 is 31.5 Å². The molecule has 6 nitrogen and oxygen atoms in total. The number of rotatable bonds is 10. The van der Waals surface area contributed by atoms with E-state index in [1.165, 1.54) is 24.3 Å². The Morgan fingerprint density at radius 1 is 1.10 bits per heavy atom. The van der Waals surface area contributed by atoms with Gasteiger partial charge in [-0.25, -0.2) is 8.42 Å². The predicted octanol–water partition coefficient (Wildman–Crippen LogP) is 3.73. The molecule has 0 heterocycles. The molecule has 2 aromatic carbocycles. The first kappa shape index (κ1) is 22.6. The van der Waals surface area contributed by atoms with Crippen LogP contribution in [0.3, 0.4) is 0 Å². The zero-order chi connectivity index (χ0) is 21.4. The molecular weight excluding hydrogens is 404 g/mol. The van der Waals surface area contributed by atoms with E-state index in [0.717, 1.165) is 6.26 Å². The van der Waals surface area contributed by atoms with Crippen molar-refractivity contribution in [3.8, 4) is 11.5 Å². The molecule has 0 saturated heterocycles. The summed E-state index contributed by atoms with van der Waals surface area (Å²) in [5.41, 5.74) is 0.652. The monoisotopic (exact) mass is 427 g/mol. The molecule has 1 amide bonds. The number of carbonyl (C=O) groups excluding carboxylic acids is 1. The van der Waals surface area contributed by atoms with Crippen LogP contribution in [-0.4, -0.2) is 33.8 Å². The normalized spacial score (nSPS) is 12.4. The van der Waals surface area contributed by atoms with Gasteiger partial charge in [-0.15, -0.1) is 0 Å². The number of ether oxygens (including phenoxy) is 2. The largest absolute Gasteiger partial charge is 0.494 e. The van der Waals surface area contributed by atoms with Crippen LogP contribution in [0.2, 0.25) is 0 Å². The van der Waals surface area contributed by atoms with Crippen LogP contribution in [0.1, 0.15) is 31.4 Å². The number of sulfone groups is 1. The summed E-state index contributed by atoms with van der Waals surface area (Å²) in [5.74, 6) is 0.351. The molecule has 0 saturated carbocycles. The van der Waals surface area contributed by atoms with Crippen LogP contribution in [0.15, 0.2) is 53.4 Å². The molecular formula is C20H23F2NO5S. The summed E-state index contributed by atoms with van der Waals surface area (Å²) in [6, 6.07) is 11.9. The van der Waals surface area contributed by atoms with Gasteiger partial charge >= 0.3 is 6.61 Å². The molecule has 1 unspecified atom stereocenters. The number of amides is 1.